The first-order chi connectivity index (χ1) is 10.0. The number of halogens is 3. The fourth-order valence-electron chi connectivity index (χ4n) is 2.36. The summed E-state index contributed by atoms with van der Waals surface area (Å²) in [6.45, 7) is 4.74. The smallest absolute Gasteiger partial charge is 0.129 e. The normalized spacial score (nSPS) is 12.4. The zero-order valence-electron chi connectivity index (χ0n) is 12.1. The number of hydrogen-bond acceptors (Lipinski definition) is 1. The van der Waals surface area contributed by atoms with Crippen molar-refractivity contribution in [2.24, 2.45) is 0 Å². The Bertz CT molecular complexity index is 628. The largest absolute Gasteiger partial charge is 0.310 e. The third-order valence-corrected chi connectivity index (χ3v) is 4.01. The van der Waals surface area contributed by atoms with Crippen LogP contribution >= 0.6 is 23.2 Å². The lowest BCUT2D eigenvalue weighted by Crippen LogP contribution is -2.24. The first kappa shape index (κ1) is 16.3. The van der Waals surface area contributed by atoms with Gasteiger partial charge in [0.25, 0.3) is 0 Å². The maximum atomic E-state index is 14.1. The van der Waals surface area contributed by atoms with Crippen LogP contribution in [0.25, 0.3) is 0 Å². The Labute approximate surface area is 135 Å². The molecule has 4 heteroatoms. The van der Waals surface area contributed by atoms with E-state index in [-0.39, 0.29) is 11.9 Å². The van der Waals surface area contributed by atoms with Gasteiger partial charge in [-0.2, -0.15) is 0 Å². The quantitative estimate of drug-likeness (QED) is 0.782. The zero-order valence-corrected chi connectivity index (χ0v) is 13.6. The van der Waals surface area contributed by atoms with Crippen LogP contribution in [-0.4, -0.2) is 6.54 Å². The van der Waals surface area contributed by atoms with Gasteiger partial charge in [-0.05, 0) is 49.2 Å². The van der Waals surface area contributed by atoms with E-state index in [0.29, 0.717) is 22.0 Å². The molecule has 1 atom stereocenters. The van der Waals surface area contributed by atoms with Crippen molar-refractivity contribution >= 4 is 23.2 Å². The molecule has 1 N–H and O–H groups in total. The second kappa shape index (κ2) is 7.26. The summed E-state index contributed by atoms with van der Waals surface area (Å²) in [7, 11) is 0. The molecule has 21 heavy (non-hydrogen) atoms. The van der Waals surface area contributed by atoms with Crippen LogP contribution in [0.15, 0.2) is 36.4 Å². The van der Waals surface area contributed by atoms with E-state index >= 15 is 0 Å². The second-order valence-corrected chi connectivity index (χ2v) is 5.92. The molecule has 0 fully saturated rings. The minimum atomic E-state index is -0.295. The molecule has 1 nitrogen and oxygen atoms in total. The van der Waals surface area contributed by atoms with Crippen molar-refractivity contribution in [2.75, 3.05) is 6.54 Å². The van der Waals surface area contributed by atoms with Crippen LogP contribution < -0.4 is 5.32 Å². The molecule has 112 valence electrons. The minimum absolute atomic E-state index is 0.132. The molecule has 0 heterocycles. The molecule has 0 aliphatic heterocycles. The van der Waals surface area contributed by atoms with Crippen molar-refractivity contribution < 1.29 is 4.39 Å². The summed E-state index contributed by atoms with van der Waals surface area (Å²) in [5, 5.41) is 4.43. The number of aryl methyl sites for hydroxylation is 1. The maximum Gasteiger partial charge on any atom is 0.129 e. The SMILES string of the molecule is CCNC(Cc1ccc(C)cc1Cl)c1ccc(Cl)cc1F. The first-order valence-corrected chi connectivity index (χ1v) is 7.70. The van der Waals surface area contributed by atoms with E-state index in [1.165, 1.54) is 6.07 Å². The molecule has 1 unspecified atom stereocenters. The molecule has 0 aromatic heterocycles. The fraction of sp³-hybridized carbons (Fsp3) is 0.294. The Kier molecular flexibility index (Phi) is 5.63. The van der Waals surface area contributed by atoms with Crippen molar-refractivity contribution in [3.8, 4) is 0 Å². The van der Waals surface area contributed by atoms with Gasteiger partial charge in [0.05, 0.1) is 0 Å². The van der Waals surface area contributed by atoms with E-state index in [1.807, 2.05) is 32.0 Å². The molecule has 0 spiro atoms. The Hall–Kier alpha value is -1.09. The van der Waals surface area contributed by atoms with Crippen molar-refractivity contribution in [2.45, 2.75) is 26.3 Å². The molecule has 0 bridgehead atoms. The molecule has 2 rings (SSSR count). The standard InChI is InChI=1S/C17H18Cl2FN/c1-3-21-17(14-7-6-13(18)10-16(14)20)9-12-5-4-11(2)8-15(12)19/h4-8,10,17,21H,3,9H2,1-2H3. The van der Waals surface area contributed by atoms with Crippen LogP contribution in [0.4, 0.5) is 4.39 Å². The van der Waals surface area contributed by atoms with Gasteiger partial charge in [-0.25, -0.2) is 4.39 Å². The molecule has 0 aliphatic rings. The molecule has 0 aliphatic carbocycles. The summed E-state index contributed by atoms with van der Waals surface area (Å²) in [5.41, 5.74) is 2.72. The van der Waals surface area contributed by atoms with Gasteiger partial charge in [-0.3, -0.25) is 0 Å². The predicted molar refractivity (Wildman–Crippen MR) is 87.7 cm³/mol. The summed E-state index contributed by atoms with van der Waals surface area (Å²) in [5.74, 6) is -0.295. The van der Waals surface area contributed by atoms with Crippen LogP contribution in [0.1, 0.15) is 29.7 Å². The topological polar surface area (TPSA) is 12.0 Å². The van der Waals surface area contributed by atoms with E-state index in [0.717, 1.165) is 17.7 Å². The third-order valence-electron chi connectivity index (χ3n) is 3.42. The Morgan fingerprint density at radius 1 is 1.14 bits per heavy atom. The number of rotatable bonds is 5. The summed E-state index contributed by atoms with van der Waals surface area (Å²) in [4.78, 5) is 0. The molecular weight excluding hydrogens is 308 g/mol. The van der Waals surface area contributed by atoms with Crippen molar-refractivity contribution in [3.05, 3.63) is 69.0 Å². The summed E-state index contributed by atoms with van der Waals surface area (Å²) in [6, 6.07) is 10.6. The monoisotopic (exact) mass is 325 g/mol. The third kappa shape index (κ3) is 4.19. The number of hydrogen-bond donors (Lipinski definition) is 1. The van der Waals surface area contributed by atoms with Gasteiger partial charge in [0, 0.05) is 21.7 Å². The summed E-state index contributed by atoms with van der Waals surface area (Å²) in [6.07, 6.45) is 0.630. The van der Waals surface area contributed by atoms with E-state index in [4.69, 9.17) is 23.2 Å². The molecule has 0 radical (unpaired) electrons. The van der Waals surface area contributed by atoms with Gasteiger partial charge >= 0.3 is 0 Å². The molecule has 0 saturated carbocycles. The average Bonchev–Trinajstić information content (AvgIpc) is 2.41. The van der Waals surface area contributed by atoms with E-state index in [1.54, 1.807) is 12.1 Å². The fourth-order valence-corrected chi connectivity index (χ4v) is 2.83. The highest BCUT2D eigenvalue weighted by molar-refractivity contribution is 6.31. The highest BCUT2D eigenvalue weighted by Gasteiger charge is 2.17. The summed E-state index contributed by atoms with van der Waals surface area (Å²) >= 11 is 12.1. The molecule has 0 saturated heterocycles. The number of nitrogens with one attached hydrogen (secondary N) is 1. The Morgan fingerprint density at radius 2 is 1.90 bits per heavy atom. The molecule has 2 aromatic rings. The Balaban J connectivity index is 2.30. The first-order valence-electron chi connectivity index (χ1n) is 6.94. The highest BCUT2D eigenvalue weighted by atomic mass is 35.5. The van der Waals surface area contributed by atoms with E-state index < -0.39 is 0 Å². The van der Waals surface area contributed by atoms with Crippen LogP contribution in [0, 0.1) is 12.7 Å². The van der Waals surface area contributed by atoms with E-state index in [2.05, 4.69) is 5.32 Å². The van der Waals surface area contributed by atoms with Gasteiger partial charge in [0.1, 0.15) is 5.82 Å². The molecule has 2 aromatic carbocycles. The number of benzene rings is 2. The predicted octanol–water partition coefficient (Wildman–Crippen LogP) is 5.33. The van der Waals surface area contributed by atoms with Gasteiger partial charge in [0.15, 0.2) is 0 Å². The average molecular weight is 326 g/mol. The maximum absolute atomic E-state index is 14.1. The van der Waals surface area contributed by atoms with Crippen LogP contribution in [0.3, 0.4) is 0 Å². The second-order valence-electron chi connectivity index (χ2n) is 5.08. The summed E-state index contributed by atoms with van der Waals surface area (Å²) < 4.78 is 14.1. The lowest BCUT2D eigenvalue weighted by Gasteiger charge is -2.20. The van der Waals surface area contributed by atoms with Crippen molar-refractivity contribution in [3.63, 3.8) is 0 Å². The number of likely N-dealkylation sites (N-methyl/N-ethyl adjacent to an activating group) is 1. The van der Waals surface area contributed by atoms with Gasteiger partial charge in [-0.1, -0.05) is 48.3 Å². The van der Waals surface area contributed by atoms with Gasteiger partial charge in [-0.15, -0.1) is 0 Å². The zero-order chi connectivity index (χ0) is 15.4. The minimum Gasteiger partial charge on any atom is -0.310 e. The molecule has 0 amide bonds. The van der Waals surface area contributed by atoms with Crippen LogP contribution in [-0.2, 0) is 6.42 Å². The van der Waals surface area contributed by atoms with E-state index in [9.17, 15) is 4.39 Å². The molecular formula is C17H18Cl2FN. The van der Waals surface area contributed by atoms with Gasteiger partial charge < -0.3 is 5.32 Å². The van der Waals surface area contributed by atoms with Crippen molar-refractivity contribution in [1.29, 1.82) is 0 Å². The lowest BCUT2D eigenvalue weighted by molar-refractivity contribution is 0.510. The van der Waals surface area contributed by atoms with Crippen LogP contribution in [0.2, 0.25) is 10.0 Å². The lowest BCUT2D eigenvalue weighted by atomic mass is 9.97. The van der Waals surface area contributed by atoms with Crippen molar-refractivity contribution in [1.82, 2.24) is 5.32 Å². The highest BCUT2D eigenvalue weighted by Crippen LogP contribution is 2.27. The van der Waals surface area contributed by atoms with Gasteiger partial charge in [0.2, 0.25) is 0 Å². The Morgan fingerprint density at radius 3 is 2.52 bits per heavy atom. The van der Waals surface area contributed by atoms with Crippen LogP contribution in [0.5, 0.6) is 0 Å².